The van der Waals surface area contributed by atoms with Crippen LogP contribution in [0, 0.1) is 5.92 Å². The van der Waals surface area contributed by atoms with Crippen molar-refractivity contribution in [3.63, 3.8) is 0 Å². The highest BCUT2D eigenvalue weighted by molar-refractivity contribution is 5.07. The number of allylic oxidation sites excluding steroid dienone is 3. The third-order valence-electron chi connectivity index (χ3n) is 3.19. The molecule has 0 amide bonds. The largest absolute Gasteiger partial charge is 0.248 e. The van der Waals surface area contributed by atoms with Crippen LogP contribution < -0.4 is 5.84 Å². The van der Waals surface area contributed by atoms with E-state index in [2.05, 4.69) is 38.2 Å². The molecule has 1 aliphatic rings. The molecule has 1 rings (SSSR count). The van der Waals surface area contributed by atoms with E-state index in [1.165, 1.54) is 12.8 Å². The lowest BCUT2D eigenvalue weighted by atomic mass is 10.0. The number of rotatable bonds is 4. The highest BCUT2D eigenvalue weighted by atomic mass is 15.6. The molecule has 1 atom stereocenters. The highest BCUT2D eigenvalue weighted by Crippen LogP contribution is 2.16. The van der Waals surface area contributed by atoms with Crippen molar-refractivity contribution in [3.05, 3.63) is 24.3 Å². The maximum Gasteiger partial charge on any atom is 0.102 e. The first kappa shape index (κ1) is 11.5. The Morgan fingerprint density at radius 3 is 2.64 bits per heavy atom. The summed E-state index contributed by atoms with van der Waals surface area (Å²) in [4.78, 5) is 0. The zero-order chi connectivity index (χ0) is 10.4. The van der Waals surface area contributed by atoms with E-state index in [0.717, 1.165) is 19.6 Å². The van der Waals surface area contributed by atoms with Crippen LogP contribution in [0.4, 0.5) is 0 Å². The Bertz CT molecular complexity index is 214. The molecule has 0 bridgehead atoms. The van der Waals surface area contributed by atoms with Crippen LogP contribution in [0.5, 0.6) is 0 Å². The van der Waals surface area contributed by atoms with Gasteiger partial charge in [-0.1, -0.05) is 24.3 Å². The van der Waals surface area contributed by atoms with Crippen LogP contribution in [0.2, 0.25) is 0 Å². The van der Waals surface area contributed by atoms with Gasteiger partial charge in [0.05, 0.1) is 13.1 Å². The number of nitrogens with two attached hydrogens (primary N) is 1. The SMILES string of the molecule is CC[N+](N)(CC)CC1C=CC=CCC1. The normalized spacial score (nSPS) is 22.4. The van der Waals surface area contributed by atoms with E-state index in [1.54, 1.807) is 0 Å². The molecule has 0 heterocycles. The van der Waals surface area contributed by atoms with E-state index in [9.17, 15) is 0 Å². The van der Waals surface area contributed by atoms with E-state index in [1.807, 2.05) is 0 Å². The van der Waals surface area contributed by atoms with Gasteiger partial charge in [0.2, 0.25) is 0 Å². The zero-order valence-electron chi connectivity index (χ0n) is 9.45. The fourth-order valence-corrected chi connectivity index (χ4v) is 1.90. The van der Waals surface area contributed by atoms with Crippen LogP contribution in [-0.4, -0.2) is 24.2 Å². The summed E-state index contributed by atoms with van der Waals surface area (Å²) in [6.45, 7) is 7.46. The second-order valence-corrected chi connectivity index (χ2v) is 4.18. The van der Waals surface area contributed by atoms with Crippen LogP contribution in [0.25, 0.3) is 0 Å². The minimum Gasteiger partial charge on any atom is -0.248 e. The summed E-state index contributed by atoms with van der Waals surface area (Å²) >= 11 is 0. The summed E-state index contributed by atoms with van der Waals surface area (Å²) in [6.07, 6.45) is 11.3. The predicted octanol–water partition coefficient (Wildman–Crippen LogP) is 2.24. The molecule has 2 nitrogen and oxygen atoms in total. The van der Waals surface area contributed by atoms with E-state index >= 15 is 0 Å². The van der Waals surface area contributed by atoms with Crippen molar-refractivity contribution in [2.75, 3.05) is 19.6 Å². The van der Waals surface area contributed by atoms with Gasteiger partial charge in [0.1, 0.15) is 6.54 Å². The lowest BCUT2D eigenvalue weighted by molar-refractivity contribution is -0.939. The maximum atomic E-state index is 6.26. The van der Waals surface area contributed by atoms with Crippen LogP contribution in [0.15, 0.2) is 24.3 Å². The number of nitrogens with zero attached hydrogens (tertiary/aromatic N) is 1. The molecule has 0 radical (unpaired) electrons. The Morgan fingerprint density at radius 1 is 1.29 bits per heavy atom. The van der Waals surface area contributed by atoms with Crippen LogP contribution in [0.3, 0.4) is 0 Å². The minimum atomic E-state index is 0.648. The lowest BCUT2D eigenvalue weighted by Gasteiger charge is -2.32. The maximum absolute atomic E-state index is 6.26. The number of hydrogen-bond donors (Lipinski definition) is 1. The van der Waals surface area contributed by atoms with Crippen molar-refractivity contribution in [2.45, 2.75) is 26.7 Å². The Balaban J connectivity index is 2.50. The van der Waals surface area contributed by atoms with Crippen molar-refractivity contribution < 1.29 is 4.59 Å². The van der Waals surface area contributed by atoms with Crippen molar-refractivity contribution >= 4 is 0 Å². The molecular formula is C12H23N2+. The van der Waals surface area contributed by atoms with E-state index in [0.29, 0.717) is 10.5 Å². The highest BCUT2D eigenvalue weighted by Gasteiger charge is 2.22. The molecule has 0 saturated heterocycles. The molecule has 0 aromatic heterocycles. The fourth-order valence-electron chi connectivity index (χ4n) is 1.90. The average molecular weight is 195 g/mol. The number of quaternary nitrogens is 1. The second kappa shape index (κ2) is 5.32. The standard InChI is InChI=1S/C12H23N2/c1-3-14(13,4-2)11-12-9-7-5-6-8-10-12/h5-7,9,12H,3-4,8,10-11,13H2,1-2H3/q+1. The monoisotopic (exact) mass is 195 g/mol. The summed E-state index contributed by atoms with van der Waals surface area (Å²) in [7, 11) is 0. The summed E-state index contributed by atoms with van der Waals surface area (Å²) in [5.41, 5.74) is 0. The third kappa shape index (κ3) is 3.28. The van der Waals surface area contributed by atoms with Crippen LogP contribution >= 0.6 is 0 Å². The average Bonchev–Trinajstić information content (AvgIpc) is 2.46. The Labute approximate surface area is 87.6 Å². The van der Waals surface area contributed by atoms with Gasteiger partial charge >= 0.3 is 0 Å². The molecule has 0 aliphatic heterocycles. The van der Waals surface area contributed by atoms with Gasteiger partial charge in [-0.05, 0) is 26.7 Å². The molecule has 0 saturated carbocycles. The summed E-state index contributed by atoms with van der Waals surface area (Å²) in [5.74, 6) is 6.91. The van der Waals surface area contributed by atoms with Crippen molar-refractivity contribution in [1.29, 1.82) is 0 Å². The summed E-state index contributed by atoms with van der Waals surface area (Å²) < 4.78 is 0.703. The van der Waals surface area contributed by atoms with Gasteiger partial charge in [-0.25, -0.2) is 4.59 Å². The predicted molar refractivity (Wildman–Crippen MR) is 61.4 cm³/mol. The molecule has 2 N–H and O–H groups in total. The van der Waals surface area contributed by atoms with Crippen molar-refractivity contribution in [1.82, 2.24) is 0 Å². The Kier molecular flexibility index (Phi) is 4.36. The van der Waals surface area contributed by atoms with Gasteiger partial charge in [0.15, 0.2) is 0 Å². The quantitative estimate of drug-likeness (QED) is 0.415. The molecule has 0 aromatic rings. The zero-order valence-corrected chi connectivity index (χ0v) is 9.45. The molecule has 0 fully saturated rings. The minimum absolute atomic E-state index is 0.648. The Hall–Kier alpha value is -0.600. The fraction of sp³-hybridized carbons (Fsp3) is 0.667. The number of hydrogen-bond acceptors (Lipinski definition) is 1. The van der Waals surface area contributed by atoms with E-state index < -0.39 is 0 Å². The van der Waals surface area contributed by atoms with Gasteiger partial charge in [-0.15, -0.1) is 0 Å². The van der Waals surface area contributed by atoms with Gasteiger partial charge in [-0.3, -0.25) is 0 Å². The molecular weight excluding hydrogens is 172 g/mol. The molecule has 0 spiro atoms. The first-order valence-electron chi connectivity index (χ1n) is 5.68. The van der Waals surface area contributed by atoms with Crippen LogP contribution in [-0.2, 0) is 0 Å². The second-order valence-electron chi connectivity index (χ2n) is 4.18. The Morgan fingerprint density at radius 2 is 2.00 bits per heavy atom. The van der Waals surface area contributed by atoms with Gasteiger partial charge in [0, 0.05) is 5.92 Å². The topological polar surface area (TPSA) is 26.0 Å². The van der Waals surface area contributed by atoms with Crippen molar-refractivity contribution in [2.24, 2.45) is 11.8 Å². The molecule has 2 heteroatoms. The van der Waals surface area contributed by atoms with Crippen molar-refractivity contribution in [3.8, 4) is 0 Å². The molecule has 80 valence electrons. The van der Waals surface area contributed by atoms with E-state index in [-0.39, 0.29) is 0 Å². The summed E-state index contributed by atoms with van der Waals surface area (Å²) in [5, 5.41) is 0. The molecule has 14 heavy (non-hydrogen) atoms. The smallest absolute Gasteiger partial charge is 0.102 e. The van der Waals surface area contributed by atoms with Gasteiger partial charge in [-0.2, -0.15) is 5.84 Å². The lowest BCUT2D eigenvalue weighted by Crippen LogP contribution is -2.56. The van der Waals surface area contributed by atoms with Crippen LogP contribution in [0.1, 0.15) is 26.7 Å². The van der Waals surface area contributed by atoms with E-state index in [4.69, 9.17) is 5.84 Å². The first-order valence-corrected chi connectivity index (χ1v) is 5.68. The van der Waals surface area contributed by atoms with Gasteiger partial charge < -0.3 is 0 Å². The molecule has 1 aliphatic carbocycles. The summed E-state index contributed by atoms with van der Waals surface area (Å²) in [6, 6.07) is 0. The third-order valence-corrected chi connectivity index (χ3v) is 3.19. The molecule has 1 unspecified atom stereocenters. The molecule has 0 aromatic carbocycles. The van der Waals surface area contributed by atoms with Gasteiger partial charge in [0.25, 0.3) is 0 Å². The first-order chi connectivity index (χ1) is 6.70.